The minimum absolute atomic E-state index is 0.00799. The monoisotopic (exact) mass is 312 g/mol. The summed E-state index contributed by atoms with van der Waals surface area (Å²) < 4.78 is 1.39. The number of allylic oxidation sites excluding steroid dienone is 2. The van der Waals surface area contributed by atoms with Crippen molar-refractivity contribution in [2.45, 2.75) is 32.1 Å². The van der Waals surface area contributed by atoms with Gasteiger partial charge in [0.2, 0.25) is 0 Å². The molecule has 2 aromatic heterocycles. The molecule has 0 saturated carbocycles. The highest BCUT2D eigenvalue weighted by Gasteiger charge is 2.37. The molecule has 23 heavy (non-hydrogen) atoms. The zero-order chi connectivity index (χ0) is 15.9. The van der Waals surface area contributed by atoms with Crippen LogP contribution < -0.4 is 5.69 Å². The van der Waals surface area contributed by atoms with Crippen molar-refractivity contribution in [3.8, 4) is 0 Å². The average molecular weight is 312 g/mol. The lowest BCUT2D eigenvalue weighted by atomic mass is 9.71. The van der Waals surface area contributed by atoms with Crippen molar-refractivity contribution < 1.29 is 4.79 Å². The van der Waals surface area contributed by atoms with E-state index in [4.69, 9.17) is 0 Å². The molecule has 1 unspecified atom stereocenters. The Kier molecular flexibility index (Phi) is 3.32. The molecule has 6 nitrogen and oxygen atoms in total. The molecule has 1 atom stereocenters. The molecule has 0 aromatic carbocycles. The maximum absolute atomic E-state index is 12.9. The fourth-order valence-corrected chi connectivity index (χ4v) is 3.91. The van der Waals surface area contributed by atoms with Crippen LogP contribution in [0.1, 0.15) is 42.5 Å². The van der Waals surface area contributed by atoms with E-state index in [1.54, 1.807) is 18.3 Å². The molecule has 3 heterocycles. The summed E-state index contributed by atoms with van der Waals surface area (Å²) in [6.07, 6.45) is 11.7. The Morgan fingerprint density at radius 1 is 1.26 bits per heavy atom. The number of hydrogen-bond acceptors (Lipinski definition) is 3. The van der Waals surface area contributed by atoms with Crippen LogP contribution in [0.5, 0.6) is 0 Å². The van der Waals surface area contributed by atoms with Crippen LogP contribution in [0.3, 0.4) is 0 Å². The lowest BCUT2D eigenvalue weighted by Gasteiger charge is -2.44. The predicted molar refractivity (Wildman–Crippen MR) is 86.4 cm³/mol. The lowest BCUT2D eigenvalue weighted by Crippen LogP contribution is -2.46. The van der Waals surface area contributed by atoms with Crippen LogP contribution in [-0.4, -0.2) is 38.5 Å². The van der Waals surface area contributed by atoms with Crippen LogP contribution in [0.15, 0.2) is 35.3 Å². The summed E-state index contributed by atoms with van der Waals surface area (Å²) in [6.45, 7) is 1.61. The molecule has 1 aliphatic heterocycles. The first-order valence-electron chi connectivity index (χ1n) is 8.18. The third-order valence-electron chi connectivity index (χ3n) is 5.17. The van der Waals surface area contributed by atoms with Crippen molar-refractivity contribution in [1.82, 2.24) is 19.5 Å². The predicted octanol–water partition coefficient (Wildman–Crippen LogP) is 1.99. The molecule has 0 radical (unpaired) electrons. The zero-order valence-electron chi connectivity index (χ0n) is 13.0. The Hall–Kier alpha value is -2.37. The summed E-state index contributed by atoms with van der Waals surface area (Å²) >= 11 is 0. The molecule has 4 rings (SSSR count). The number of H-pyrrole nitrogens is 1. The van der Waals surface area contributed by atoms with Gasteiger partial charge < -0.3 is 4.90 Å². The molecule has 2 aromatic rings. The summed E-state index contributed by atoms with van der Waals surface area (Å²) in [5.41, 5.74) is 1.00. The lowest BCUT2D eigenvalue weighted by molar-refractivity contribution is 0.0484. The van der Waals surface area contributed by atoms with E-state index < -0.39 is 0 Å². The molecule has 120 valence electrons. The van der Waals surface area contributed by atoms with Gasteiger partial charge in [-0.3, -0.25) is 4.79 Å². The maximum Gasteiger partial charge on any atom is 0.347 e. The fourth-order valence-electron chi connectivity index (χ4n) is 3.91. The summed E-state index contributed by atoms with van der Waals surface area (Å²) in [5.74, 6) is 0.00799. The van der Waals surface area contributed by atoms with Crippen LogP contribution in [-0.2, 0) is 0 Å². The van der Waals surface area contributed by atoms with Crippen LogP contribution in [0.4, 0.5) is 0 Å². The standard InChI is InChI=1S/C17H20N4O2/c22-15(13-5-6-14-18-19-16(23)21(14)11-13)20-10-4-9-17(12-20)7-2-1-3-8-17/h1-2,5-6,11H,3-4,7-10,12H2,(H,19,23). The Morgan fingerprint density at radius 2 is 2.17 bits per heavy atom. The molecule has 1 saturated heterocycles. The Labute approximate surface area is 133 Å². The minimum Gasteiger partial charge on any atom is -0.338 e. The molecular weight excluding hydrogens is 292 g/mol. The van der Waals surface area contributed by atoms with Crippen molar-refractivity contribution in [3.05, 3.63) is 46.5 Å². The van der Waals surface area contributed by atoms with Gasteiger partial charge >= 0.3 is 5.69 Å². The van der Waals surface area contributed by atoms with Crippen molar-refractivity contribution in [1.29, 1.82) is 0 Å². The third kappa shape index (κ3) is 2.48. The number of nitrogens with one attached hydrogen (secondary N) is 1. The number of hydrogen-bond donors (Lipinski definition) is 1. The van der Waals surface area contributed by atoms with Crippen LogP contribution in [0.25, 0.3) is 5.65 Å². The van der Waals surface area contributed by atoms with E-state index in [-0.39, 0.29) is 17.0 Å². The number of likely N-dealkylation sites (tertiary alicyclic amines) is 1. The minimum atomic E-state index is -0.317. The van der Waals surface area contributed by atoms with Crippen LogP contribution in [0, 0.1) is 5.41 Å². The highest BCUT2D eigenvalue weighted by atomic mass is 16.2. The van der Waals surface area contributed by atoms with Gasteiger partial charge in [0.05, 0.1) is 5.56 Å². The second kappa shape index (κ2) is 5.37. The number of carbonyl (C=O) groups is 1. The van der Waals surface area contributed by atoms with Crippen molar-refractivity contribution in [2.24, 2.45) is 5.41 Å². The zero-order valence-corrected chi connectivity index (χ0v) is 13.0. The number of fused-ring (bicyclic) bond motifs is 1. The van der Waals surface area contributed by atoms with Gasteiger partial charge in [-0.05, 0) is 49.7 Å². The first kappa shape index (κ1) is 14.2. The van der Waals surface area contributed by atoms with E-state index >= 15 is 0 Å². The van der Waals surface area contributed by atoms with E-state index in [2.05, 4.69) is 22.3 Å². The van der Waals surface area contributed by atoms with Gasteiger partial charge in [0, 0.05) is 19.3 Å². The fraction of sp³-hybridized carbons (Fsp3) is 0.471. The number of aromatic amines is 1. The van der Waals surface area contributed by atoms with Crippen molar-refractivity contribution in [2.75, 3.05) is 13.1 Å². The van der Waals surface area contributed by atoms with Crippen molar-refractivity contribution in [3.63, 3.8) is 0 Å². The topological polar surface area (TPSA) is 70.5 Å². The highest BCUT2D eigenvalue weighted by molar-refractivity contribution is 5.94. The van der Waals surface area contributed by atoms with Gasteiger partial charge in [-0.25, -0.2) is 14.3 Å². The van der Waals surface area contributed by atoms with E-state index in [1.807, 2.05) is 4.90 Å². The van der Waals surface area contributed by atoms with Gasteiger partial charge in [-0.1, -0.05) is 12.2 Å². The maximum atomic E-state index is 12.9. The van der Waals surface area contributed by atoms with E-state index in [1.165, 1.54) is 10.8 Å². The quantitative estimate of drug-likeness (QED) is 0.819. The Balaban J connectivity index is 1.60. The van der Waals surface area contributed by atoms with Gasteiger partial charge in [0.1, 0.15) is 0 Å². The molecule has 0 bridgehead atoms. The first-order valence-corrected chi connectivity index (χ1v) is 8.18. The molecule has 1 spiro atoms. The number of nitrogens with zero attached hydrogens (tertiary/aromatic N) is 3. The summed E-state index contributed by atoms with van der Waals surface area (Å²) in [6, 6.07) is 3.45. The van der Waals surface area contributed by atoms with Gasteiger partial charge in [-0.15, -0.1) is 0 Å². The Bertz CT molecular complexity index is 834. The number of amides is 1. The normalized spacial score (nSPS) is 24.4. The number of piperidine rings is 1. The molecule has 1 aliphatic carbocycles. The summed E-state index contributed by atoms with van der Waals surface area (Å²) in [5, 5.41) is 6.29. The molecule has 1 N–H and O–H groups in total. The van der Waals surface area contributed by atoms with E-state index in [0.717, 1.165) is 38.8 Å². The average Bonchev–Trinajstić information content (AvgIpc) is 2.96. The molecule has 2 aliphatic rings. The smallest absolute Gasteiger partial charge is 0.338 e. The highest BCUT2D eigenvalue weighted by Crippen LogP contribution is 2.41. The van der Waals surface area contributed by atoms with Crippen molar-refractivity contribution >= 4 is 11.6 Å². The van der Waals surface area contributed by atoms with E-state index in [0.29, 0.717) is 11.2 Å². The number of aromatic nitrogens is 3. The third-order valence-corrected chi connectivity index (χ3v) is 5.17. The number of pyridine rings is 1. The molecule has 1 amide bonds. The number of rotatable bonds is 1. The van der Waals surface area contributed by atoms with E-state index in [9.17, 15) is 9.59 Å². The van der Waals surface area contributed by atoms with Gasteiger partial charge in [0.15, 0.2) is 5.65 Å². The SMILES string of the molecule is O=C(c1ccc2n[nH]c(=O)n2c1)N1CCCC2(CC=CCC2)C1. The summed E-state index contributed by atoms with van der Waals surface area (Å²) in [7, 11) is 0. The molecular formula is C17H20N4O2. The molecule has 6 heteroatoms. The second-order valence-electron chi connectivity index (χ2n) is 6.72. The van der Waals surface area contributed by atoms with Gasteiger partial charge in [0.25, 0.3) is 5.91 Å². The first-order chi connectivity index (χ1) is 11.2. The second-order valence-corrected chi connectivity index (χ2v) is 6.72. The van der Waals surface area contributed by atoms with Crippen LogP contribution >= 0.6 is 0 Å². The van der Waals surface area contributed by atoms with Gasteiger partial charge in [-0.2, -0.15) is 5.10 Å². The molecule has 1 fully saturated rings. The summed E-state index contributed by atoms with van der Waals surface area (Å²) in [4.78, 5) is 26.5. The Morgan fingerprint density at radius 3 is 3.00 bits per heavy atom. The number of carbonyl (C=O) groups excluding carboxylic acids is 1. The van der Waals surface area contributed by atoms with Crippen LogP contribution in [0.2, 0.25) is 0 Å². The largest absolute Gasteiger partial charge is 0.347 e.